The first-order valence-electron chi connectivity index (χ1n) is 17.3. The molecule has 4 rings (SSSR count). The van der Waals surface area contributed by atoms with E-state index in [2.05, 4.69) is 4.74 Å². The molecular formula is C35H49F9O3P+. The van der Waals surface area contributed by atoms with Crippen molar-refractivity contribution in [2.45, 2.75) is 163 Å². The predicted molar refractivity (Wildman–Crippen MR) is 170 cm³/mol. The Kier molecular flexibility index (Phi) is 13.1. The summed E-state index contributed by atoms with van der Waals surface area (Å²) in [5, 5.41) is 0. The smallest absolute Gasteiger partial charge is 0.430 e. The van der Waals surface area contributed by atoms with Crippen molar-refractivity contribution in [3.63, 3.8) is 0 Å². The number of ether oxygens (including phenoxy) is 3. The van der Waals surface area contributed by atoms with Gasteiger partial charge < -0.3 is 14.2 Å². The van der Waals surface area contributed by atoms with Gasteiger partial charge in [0, 0.05) is 5.56 Å². The lowest BCUT2D eigenvalue weighted by atomic mass is 9.93. The number of benzene rings is 1. The van der Waals surface area contributed by atoms with Crippen LogP contribution in [0.3, 0.4) is 0 Å². The van der Waals surface area contributed by atoms with Crippen molar-refractivity contribution in [1.29, 1.82) is 0 Å². The first-order chi connectivity index (χ1) is 22.5. The van der Waals surface area contributed by atoms with Crippen LogP contribution in [0, 0.1) is 0 Å². The number of hydrogen-bond acceptors (Lipinski definition) is 3. The van der Waals surface area contributed by atoms with Gasteiger partial charge in [0.1, 0.15) is 5.75 Å². The average Bonchev–Trinajstić information content (AvgIpc) is 3.02. The van der Waals surface area contributed by atoms with Crippen LogP contribution in [0.4, 0.5) is 39.5 Å². The van der Waals surface area contributed by atoms with Gasteiger partial charge in [-0.1, -0.05) is 37.5 Å². The van der Waals surface area contributed by atoms with Gasteiger partial charge in [0.15, 0.2) is 6.35 Å². The SMILES string of the molecule is CC(C)Oc1ccccc1/C=C\O[C@H](C(F)(F)F)C(OC[P+](C1CCCCC1)(C1CCCCC1)C1CCCCC1)(C(F)(F)F)C(F)(F)F. The van der Waals surface area contributed by atoms with Crippen LogP contribution < -0.4 is 4.74 Å². The molecule has 1 aromatic rings. The lowest BCUT2D eigenvalue weighted by Crippen LogP contribution is -2.70. The van der Waals surface area contributed by atoms with Gasteiger partial charge in [0.2, 0.25) is 6.10 Å². The Hall–Kier alpha value is -1.68. The molecule has 0 unspecified atom stereocenters. The van der Waals surface area contributed by atoms with Crippen molar-refractivity contribution in [1.82, 2.24) is 0 Å². The summed E-state index contributed by atoms with van der Waals surface area (Å²) in [6, 6.07) is 5.94. The molecule has 3 aliphatic carbocycles. The minimum atomic E-state index is -6.50. The molecule has 0 heterocycles. The number of rotatable bonds is 12. The third-order valence-electron chi connectivity index (χ3n) is 10.5. The minimum Gasteiger partial charge on any atom is -0.490 e. The van der Waals surface area contributed by atoms with E-state index < -0.39 is 43.8 Å². The van der Waals surface area contributed by atoms with Crippen LogP contribution in [0.25, 0.3) is 6.08 Å². The van der Waals surface area contributed by atoms with Crippen LogP contribution in [0.5, 0.6) is 5.75 Å². The highest BCUT2D eigenvalue weighted by Gasteiger charge is 2.83. The molecule has 0 spiro atoms. The Morgan fingerprint density at radius 1 is 0.688 bits per heavy atom. The lowest BCUT2D eigenvalue weighted by molar-refractivity contribution is -0.426. The van der Waals surface area contributed by atoms with E-state index in [1.807, 2.05) is 0 Å². The van der Waals surface area contributed by atoms with E-state index in [1.54, 1.807) is 19.9 Å². The summed E-state index contributed by atoms with van der Waals surface area (Å²) in [6.07, 6.45) is -12.1. The second-order valence-electron chi connectivity index (χ2n) is 13.9. The second kappa shape index (κ2) is 16.1. The zero-order chi connectivity index (χ0) is 35.2. The Labute approximate surface area is 278 Å². The Morgan fingerprint density at radius 2 is 1.12 bits per heavy atom. The van der Waals surface area contributed by atoms with Gasteiger partial charge >= 0.3 is 24.1 Å². The van der Waals surface area contributed by atoms with Crippen molar-refractivity contribution >= 4 is 13.3 Å². The summed E-state index contributed by atoms with van der Waals surface area (Å²) >= 11 is 0. The summed E-state index contributed by atoms with van der Waals surface area (Å²) in [6.45, 7) is 3.37. The van der Waals surface area contributed by atoms with Gasteiger partial charge in [-0.2, -0.15) is 39.5 Å². The van der Waals surface area contributed by atoms with E-state index in [0.29, 0.717) is 38.5 Å². The highest BCUT2D eigenvalue weighted by Crippen LogP contribution is 2.78. The molecule has 48 heavy (non-hydrogen) atoms. The van der Waals surface area contributed by atoms with Crippen LogP contribution in [-0.4, -0.2) is 59.7 Å². The molecule has 0 amide bonds. The number of alkyl halides is 9. The maximum Gasteiger partial charge on any atom is 0.430 e. The third kappa shape index (κ3) is 8.60. The fraction of sp³-hybridized carbons (Fsp3) is 0.771. The minimum absolute atomic E-state index is 0.120. The van der Waals surface area contributed by atoms with Crippen LogP contribution in [0.2, 0.25) is 0 Å². The lowest BCUT2D eigenvalue weighted by Gasteiger charge is -2.50. The Morgan fingerprint density at radius 3 is 1.52 bits per heavy atom. The molecule has 0 N–H and O–H groups in total. The number of halogens is 9. The molecule has 0 radical (unpaired) electrons. The summed E-state index contributed by atoms with van der Waals surface area (Å²) in [5.74, 6) is 0.173. The summed E-state index contributed by atoms with van der Waals surface area (Å²) in [5.41, 5.74) is -5.90. The molecule has 13 heteroatoms. The Bertz CT molecular complexity index is 1100. The summed E-state index contributed by atoms with van der Waals surface area (Å²) in [7, 11) is -2.82. The van der Waals surface area contributed by atoms with Gasteiger partial charge in [0.25, 0.3) is 0 Å². The van der Waals surface area contributed by atoms with Crippen LogP contribution >= 0.6 is 7.26 Å². The molecule has 0 aromatic heterocycles. The fourth-order valence-electron chi connectivity index (χ4n) is 8.38. The maximum atomic E-state index is 15.1. The largest absolute Gasteiger partial charge is 0.490 e. The highest BCUT2D eigenvalue weighted by atomic mass is 31.2. The molecule has 3 nitrogen and oxygen atoms in total. The van der Waals surface area contributed by atoms with Crippen molar-refractivity contribution in [2.75, 3.05) is 6.35 Å². The molecule has 274 valence electrons. The fourth-order valence-corrected chi connectivity index (χ4v) is 15.2. The van der Waals surface area contributed by atoms with E-state index in [4.69, 9.17) is 9.47 Å². The maximum absolute atomic E-state index is 15.1. The quantitative estimate of drug-likeness (QED) is 0.122. The van der Waals surface area contributed by atoms with Gasteiger partial charge in [-0.3, -0.25) is 0 Å². The van der Waals surface area contributed by atoms with Gasteiger partial charge in [-0.15, -0.1) is 0 Å². The predicted octanol–water partition coefficient (Wildman–Crippen LogP) is 12.2. The van der Waals surface area contributed by atoms with Gasteiger partial charge in [-0.25, -0.2) is 0 Å². The molecule has 1 aromatic carbocycles. The normalized spacial score (nSPS) is 21.2. The Balaban J connectivity index is 1.81. The molecular weight excluding hydrogens is 670 g/mol. The van der Waals surface area contributed by atoms with Crippen molar-refractivity contribution in [3.8, 4) is 5.75 Å². The summed E-state index contributed by atoms with van der Waals surface area (Å²) < 4.78 is 150. The van der Waals surface area contributed by atoms with Crippen LogP contribution in [0.15, 0.2) is 30.5 Å². The second-order valence-corrected chi connectivity index (χ2v) is 18.4. The number of para-hydroxylation sites is 1. The molecule has 0 aliphatic heterocycles. The summed E-state index contributed by atoms with van der Waals surface area (Å²) in [4.78, 5) is 0. The van der Waals surface area contributed by atoms with E-state index >= 15 is 26.3 Å². The van der Waals surface area contributed by atoms with Crippen molar-refractivity contribution in [2.24, 2.45) is 0 Å². The van der Waals surface area contributed by atoms with Crippen molar-refractivity contribution < 1.29 is 53.7 Å². The zero-order valence-electron chi connectivity index (χ0n) is 27.7. The number of hydrogen-bond donors (Lipinski definition) is 0. The molecule has 3 fully saturated rings. The van der Waals surface area contributed by atoms with E-state index in [0.717, 1.165) is 63.9 Å². The molecule has 0 bridgehead atoms. The van der Waals surface area contributed by atoms with Crippen LogP contribution in [-0.2, 0) is 9.47 Å². The standard InChI is InChI=1S/C35H49F9O3P/c1-25(2)47-30-21-13-12-14-26(30)22-23-45-31(33(36,37)38)32(34(39,40)41,35(42,43)44)46-24-48(27-15-6-3-7-16-27,28-17-8-4-9-18-28)29-19-10-5-11-20-29/h12-14,21-23,25,27-29,31H,3-11,15-20,24H2,1-2H3/q+1/b23-22-/t31-/m0/s1. The molecule has 3 saturated carbocycles. The average molecular weight is 720 g/mol. The molecule has 1 atom stereocenters. The first-order valence-corrected chi connectivity index (χ1v) is 19.5. The van der Waals surface area contributed by atoms with Crippen LogP contribution in [0.1, 0.15) is 116 Å². The molecule has 3 aliphatic rings. The van der Waals surface area contributed by atoms with Gasteiger partial charge in [0.05, 0.1) is 36.6 Å². The van der Waals surface area contributed by atoms with E-state index in [-0.39, 0.29) is 40.7 Å². The first kappa shape index (κ1) is 39.1. The zero-order valence-corrected chi connectivity index (χ0v) is 28.6. The topological polar surface area (TPSA) is 27.7 Å². The van der Waals surface area contributed by atoms with Gasteiger partial charge in [-0.05, 0) is 103 Å². The van der Waals surface area contributed by atoms with E-state index in [9.17, 15) is 13.2 Å². The third-order valence-corrected chi connectivity index (χ3v) is 16.7. The van der Waals surface area contributed by atoms with Crippen molar-refractivity contribution in [3.05, 3.63) is 36.1 Å². The highest BCUT2D eigenvalue weighted by molar-refractivity contribution is 7.77. The monoisotopic (exact) mass is 719 g/mol. The van der Waals surface area contributed by atoms with E-state index in [1.165, 1.54) is 18.2 Å². The molecule has 0 saturated heterocycles.